The molecular formula is C17H26ClNO2. The minimum Gasteiger partial charge on any atom is -0.478 e. The van der Waals surface area contributed by atoms with E-state index < -0.39 is 5.97 Å². The summed E-state index contributed by atoms with van der Waals surface area (Å²) >= 11 is 6.29. The van der Waals surface area contributed by atoms with E-state index in [1.165, 1.54) is 6.07 Å². The van der Waals surface area contributed by atoms with Crippen molar-refractivity contribution in [3.63, 3.8) is 0 Å². The van der Waals surface area contributed by atoms with Crippen LogP contribution in [-0.2, 0) is 0 Å². The molecule has 0 unspecified atom stereocenters. The van der Waals surface area contributed by atoms with E-state index >= 15 is 0 Å². The van der Waals surface area contributed by atoms with Crippen LogP contribution in [0.1, 0.15) is 50.9 Å². The van der Waals surface area contributed by atoms with E-state index in [2.05, 4.69) is 32.6 Å². The molecule has 0 aliphatic carbocycles. The Kier molecular flexibility index (Phi) is 7.03. The molecule has 0 aliphatic heterocycles. The zero-order valence-electron chi connectivity index (χ0n) is 13.4. The van der Waals surface area contributed by atoms with Crippen LogP contribution in [0.5, 0.6) is 0 Å². The molecule has 0 radical (unpaired) electrons. The first-order valence-corrected chi connectivity index (χ1v) is 7.96. The van der Waals surface area contributed by atoms with Crippen molar-refractivity contribution in [2.75, 3.05) is 18.0 Å². The van der Waals surface area contributed by atoms with E-state index in [4.69, 9.17) is 16.7 Å². The maximum Gasteiger partial charge on any atom is 0.335 e. The number of rotatable bonds is 8. The lowest BCUT2D eigenvalue weighted by molar-refractivity contribution is 0.0697. The van der Waals surface area contributed by atoms with Crippen molar-refractivity contribution in [2.45, 2.75) is 40.5 Å². The maximum atomic E-state index is 11.0. The minimum atomic E-state index is -0.945. The number of aromatic carboxylic acids is 1. The zero-order valence-corrected chi connectivity index (χ0v) is 14.2. The molecule has 0 bridgehead atoms. The fourth-order valence-electron chi connectivity index (χ4n) is 2.08. The van der Waals surface area contributed by atoms with Crippen LogP contribution in [-0.4, -0.2) is 24.2 Å². The summed E-state index contributed by atoms with van der Waals surface area (Å²) in [5.41, 5.74) is 1.17. The molecule has 0 aromatic heterocycles. The first-order chi connectivity index (χ1) is 9.81. The standard InChI is InChI=1S/C17H26ClNO2/c1-12(2)7-9-19(10-8-13(3)4)16-6-5-14(17(20)21)11-15(16)18/h5-6,11-13H,7-10H2,1-4H3,(H,20,21). The lowest BCUT2D eigenvalue weighted by Gasteiger charge is -2.27. The van der Waals surface area contributed by atoms with Crippen molar-refractivity contribution < 1.29 is 9.90 Å². The average Bonchev–Trinajstić information content (AvgIpc) is 2.38. The molecule has 0 atom stereocenters. The minimum absolute atomic E-state index is 0.233. The van der Waals surface area contributed by atoms with Crippen molar-refractivity contribution in [1.82, 2.24) is 0 Å². The van der Waals surface area contributed by atoms with Gasteiger partial charge in [0.05, 0.1) is 16.3 Å². The van der Waals surface area contributed by atoms with Crippen LogP contribution in [0.2, 0.25) is 5.02 Å². The first kappa shape index (κ1) is 17.8. The largest absolute Gasteiger partial charge is 0.478 e. The first-order valence-electron chi connectivity index (χ1n) is 7.59. The highest BCUT2D eigenvalue weighted by Gasteiger charge is 2.14. The molecule has 4 heteroatoms. The molecular weight excluding hydrogens is 286 g/mol. The second-order valence-corrected chi connectivity index (χ2v) is 6.73. The Balaban J connectivity index is 2.92. The van der Waals surface area contributed by atoms with Crippen LogP contribution in [0.15, 0.2) is 18.2 Å². The number of hydrogen-bond donors (Lipinski definition) is 1. The Morgan fingerprint density at radius 3 is 2.05 bits per heavy atom. The monoisotopic (exact) mass is 311 g/mol. The predicted octanol–water partition coefficient (Wildman–Crippen LogP) is 4.94. The second kappa shape index (κ2) is 8.28. The lowest BCUT2D eigenvalue weighted by Crippen LogP contribution is -2.27. The summed E-state index contributed by atoms with van der Waals surface area (Å²) in [5.74, 6) is 0.312. The van der Waals surface area contributed by atoms with Gasteiger partial charge in [0, 0.05) is 13.1 Å². The van der Waals surface area contributed by atoms with Crippen molar-refractivity contribution in [2.24, 2.45) is 11.8 Å². The van der Waals surface area contributed by atoms with Gasteiger partial charge in [0.2, 0.25) is 0 Å². The van der Waals surface area contributed by atoms with Crippen molar-refractivity contribution in [3.05, 3.63) is 28.8 Å². The van der Waals surface area contributed by atoms with Gasteiger partial charge in [0.25, 0.3) is 0 Å². The summed E-state index contributed by atoms with van der Waals surface area (Å²) in [4.78, 5) is 13.3. The van der Waals surface area contributed by atoms with Gasteiger partial charge in [0.1, 0.15) is 0 Å². The Bertz CT molecular complexity index is 460. The zero-order chi connectivity index (χ0) is 16.0. The Hall–Kier alpha value is -1.22. The SMILES string of the molecule is CC(C)CCN(CCC(C)C)c1ccc(C(=O)O)cc1Cl. The Labute approximate surface area is 132 Å². The average molecular weight is 312 g/mol. The van der Waals surface area contributed by atoms with Gasteiger partial charge in [-0.3, -0.25) is 0 Å². The van der Waals surface area contributed by atoms with E-state index in [0.717, 1.165) is 31.6 Å². The van der Waals surface area contributed by atoms with E-state index in [1.807, 2.05) is 6.07 Å². The summed E-state index contributed by atoms with van der Waals surface area (Å²) in [7, 11) is 0. The number of nitrogens with zero attached hydrogens (tertiary/aromatic N) is 1. The smallest absolute Gasteiger partial charge is 0.335 e. The predicted molar refractivity (Wildman–Crippen MR) is 89.5 cm³/mol. The number of carbonyl (C=O) groups is 1. The van der Waals surface area contributed by atoms with Crippen LogP contribution in [0.4, 0.5) is 5.69 Å². The molecule has 1 aromatic carbocycles. The molecule has 3 nitrogen and oxygen atoms in total. The summed E-state index contributed by atoms with van der Waals surface area (Å²) in [6.07, 6.45) is 2.18. The third kappa shape index (κ3) is 5.96. The summed E-state index contributed by atoms with van der Waals surface area (Å²) in [6.45, 7) is 10.7. The highest BCUT2D eigenvalue weighted by molar-refractivity contribution is 6.33. The van der Waals surface area contributed by atoms with Gasteiger partial charge in [-0.2, -0.15) is 0 Å². The number of carboxylic acids is 1. The quantitative estimate of drug-likeness (QED) is 0.739. The van der Waals surface area contributed by atoms with Crippen LogP contribution in [0.25, 0.3) is 0 Å². The normalized spacial score (nSPS) is 11.2. The van der Waals surface area contributed by atoms with E-state index in [9.17, 15) is 4.79 Å². The molecule has 0 spiro atoms. The van der Waals surface area contributed by atoms with E-state index in [-0.39, 0.29) is 5.56 Å². The summed E-state index contributed by atoms with van der Waals surface area (Å²) in [6, 6.07) is 4.99. The van der Waals surface area contributed by atoms with Gasteiger partial charge in [-0.05, 0) is 42.9 Å². The molecule has 0 heterocycles. The third-order valence-corrected chi connectivity index (χ3v) is 3.79. The van der Waals surface area contributed by atoms with Gasteiger partial charge < -0.3 is 10.0 Å². The van der Waals surface area contributed by atoms with E-state index in [1.54, 1.807) is 6.07 Å². The summed E-state index contributed by atoms with van der Waals surface area (Å²) in [5, 5.41) is 9.53. The molecule has 1 aromatic rings. The lowest BCUT2D eigenvalue weighted by atomic mass is 10.1. The van der Waals surface area contributed by atoms with Crippen LogP contribution in [0, 0.1) is 11.8 Å². The van der Waals surface area contributed by atoms with Crippen molar-refractivity contribution in [1.29, 1.82) is 0 Å². The molecule has 118 valence electrons. The molecule has 21 heavy (non-hydrogen) atoms. The number of carboxylic acid groups (broad SMARTS) is 1. The van der Waals surface area contributed by atoms with E-state index in [0.29, 0.717) is 16.9 Å². The Morgan fingerprint density at radius 2 is 1.67 bits per heavy atom. The Morgan fingerprint density at radius 1 is 1.14 bits per heavy atom. The molecule has 0 saturated heterocycles. The van der Waals surface area contributed by atoms with Crippen LogP contribution in [0.3, 0.4) is 0 Å². The third-order valence-electron chi connectivity index (χ3n) is 3.49. The number of benzene rings is 1. The van der Waals surface area contributed by atoms with Crippen molar-refractivity contribution in [3.8, 4) is 0 Å². The molecule has 0 saturated carbocycles. The number of anilines is 1. The second-order valence-electron chi connectivity index (χ2n) is 6.32. The van der Waals surface area contributed by atoms with Gasteiger partial charge in [-0.1, -0.05) is 39.3 Å². The van der Waals surface area contributed by atoms with Gasteiger partial charge in [-0.15, -0.1) is 0 Å². The molecule has 1 N–H and O–H groups in total. The fourth-order valence-corrected chi connectivity index (χ4v) is 2.38. The summed E-state index contributed by atoms with van der Waals surface area (Å²) < 4.78 is 0. The number of halogens is 1. The highest BCUT2D eigenvalue weighted by atomic mass is 35.5. The molecule has 0 fully saturated rings. The highest BCUT2D eigenvalue weighted by Crippen LogP contribution is 2.28. The fraction of sp³-hybridized carbons (Fsp3) is 0.588. The molecule has 0 aliphatic rings. The van der Waals surface area contributed by atoms with Gasteiger partial charge in [-0.25, -0.2) is 4.79 Å². The van der Waals surface area contributed by atoms with Crippen LogP contribution < -0.4 is 4.90 Å². The van der Waals surface area contributed by atoms with Crippen molar-refractivity contribution >= 4 is 23.3 Å². The maximum absolute atomic E-state index is 11.0. The van der Waals surface area contributed by atoms with Crippen LogP contribution >= 0.6 is 11.6 Å². The molecule has 1 rings (SSSR count). The molecule has 0 amide bonds. The topological polar surface area (TPSA) is 40.5 Å². The van der Waals surface area contributed by atoms with Gasteiger partial charge in [0.15, 0.2) is 0 Å². The number of hydrogen-bond acceptors (Lipinski definition) is 2. The van der Waals surface area contributed by atoms with Gasteiger partial charge >= 0.3 is 5.97 Å².